The summed E-state index contributed by atoms with van der Waals surface area (Å²) in [7, 11) is 0. The lowest BCUT2D eigenvalue weighted by atomic mass is 10.1. The fraction of sp³-hybridized carbons (Fsp3) is 0.412. The summed E-state index contributed by atoms with van der Waals surface area (Å²) in [5.41, 5.74) is 6.91. The fourth-order valence-electron chi connectivity index (χ4n) is 3.49. The molecule has 2 heterocycles. The van der Waals surface area contributed by atoms with Crippen LogP contribution in [0.25, 0.3) is 11.1 Å². The second kappa shape index (κ2) is 7.01. The Morgan fingerprint density at radius 2 is 1.96 bits per heavy atom. The number of nitrogens with zero attached hydrogens (tertiary/aromatic N) is 2. The van der Waals surface area contributed by atoms with Gasteiger partial charge in [0.2, 0.25) is 12.7 Å². The second-order valence-electron chi connectivity index (χ2n) is 6.57. The molecule has 1 aromatic heterocycles. The zero-order valence-corrected chi connectivity index (χ0v) is 14.9. The fourth-order valence-corrected chi connectivity index (χ4v) is 3.77. The molecule has 0 saturated heterocycles. The molecule has 2 aliphatic rings. The molecule has 0 amide bonds. The first kappa shape index (κ1) is 18.1. The highest BCUT2D eigenvalue weighted by Gasteiger charge is 2.41. The van der Waals surface area contributed by atoms with Crippen molar-refractivity contribution in [3.05, 3.63) is 23.4 Å². The van der Waals surface area contributed by atoms with Crippen LogP contribution in [-0.2, 0) is 0 Å². The number of rotatable bonds is 4. The van der Waals surface area contributed by atoms with Crippen molar-refractivity contribution in [2.75, 3.05) is 24.5 Å². The number of nitrogen functional groups attached to an aromatic ring is 1. The maximum absolute atomic E-state index is 10.3. The summed E-state index contributed by atoms with van der Waals surface area (Å²) in [6.45, 7) is -0.0807. The first-order chi connectivity index (χ1) is 13.0. The molecule has 27 heavy (non-hydrogen) atoms. The maximum Gasteiger partial charge on any atom is 0.231 e. The van der Waals surface area contributed by atoms with E-state index in [2.05, 4.69) is 15.3 Å². The SMILES string of the molecule is Nc1nc(Cl)c(-c2ccc3c(c2)OCO3)c(N[C@@H]2C[C@H](CO)[C@@H](O)[C@H]2O)n1. The molecule has 4 rings (SSSR count). The van der Waals surface area contributed by atoms with Crippen molar-refractivity contribution in [3.8, 4) is 22.6 Å². The van der Waals surface area contributed by atoms with Gasteiger partial charge in [0, 0.05) is 12.5 Å². The Hall–Kier alpha value is -2.33. The van der Waals surface area contributed by atoms with Crippen molar-refractivity contribution >= 4 is 23.4 Å². The number of aromatic nitrogens is 2. The van der Waals surface area contributed by atoms with Crippen LogP contribution in [-0.4, -0.2) is 56.9 Å². The molecule has 4 atom stereocenters. The standard InChI is InChI=1S/C17H19ClN4O5/c18-15-12(7-1-2-10-11(4-7)27-6-26-10)16(22-17(19)21-15)20-9-3-8(5-23)13(24)14(9)25/h1-2,4,8-9,13-14,23-25H,3,5-6H2,(H3,19,20,21,22)/t8-,9-,13-,14+/m1/s1. The number of nitrogens with one attached hydrogen (secondary N) is 1. The molecule has 1 saturated carbocycles. The maximum atomic E-state index is 10.3. The Kier molecular flexibility index (Phi) is 4.68. The van der Waals surface area contributed by atoms with Gasteiger partial charge in [0.15, 0.2) is 11.5 Å². The summed E-state index contributed by atoms with van der Waals surface area (Å²) in [6.07, 6.45) is -1.74. The highest BCUT2D eigenvalue weighted by atomic mass is 35.5. The van der Waals surface area contributed by atoms with Crippen LogP contribution >= 0.6 is 11.6 Å². The van der Waals surface area contributed by atoms with E-state index in [-0.39, 0.29) is 24.5 Å². The molecule has 0 spiro atoms. The lowest BCUT2D eigenvalue weighted by Crippen LogP contribution is -2.35. The van der Waals surface area contributed by atoms with Gasteiger partial charge in [-0.3, -0.25) is 0 Å². The monoisotopic (exact) mass is 394 g/mol. The van der Waals surface area contributed by atoms with E-state index in [4.69, 9.17) is 26.8 Å². The number of aliphatic hydroxyl groups excluding tert-OH is 3. The summed E-state index contributed by atoms with van der Waals surface area (Å²) >= 11 is 6.33. The van der Waals surface area contributed by atoms with Crippen LogP contribution in [0.4, 0.5) is 11.8 Å². The third-order valence-corrected chi connectivity index (χ3v) is 5.18. The van der Waals surface area contributed by atoms with E-state index < -0.39 is 24.2 Å². The molecule has 1 aliphatic heterocycles. The quantitative estimate of drug-likeness (QED) is 0.471. The number of hydrogen-bond acceptors (Lipinski definition) is 9. The van der Waals surface area contributed by atoms with Crippen LogP contribution < -0.4 is 20.5 Å². The first-order valence-electron chi connectivity index (χ1n) is 8.44. The van der Waals surface area contributed by atoms with Crippen LogP contribution in [0.15, 0.2) is 18.2 Å². The van der Waals surface area contributed by atoms with Crippen LogP contribution in [0.3, 0.4) is 0 Å². The van der Waals surface area contributed by atoms with Gasteiger partial charge in [0.1, 0.15) is 17.1 Å². The number of aliphatic hydroxyl groups is 3. The summed E-state index contributed by atoms with van der Waals surface area (Å²) in [5, 5.41) is 32.9. The Balaban J connectivity index is 1.71. The third-order valence-electron chi connectivity index (χ3n) is 4.90. The van der Waals surface area contributed by atoms with E-state index in [0.29, 0.717) is 34.9 Å². The van der Waals surface area contributed by atoms with Crippen LogP contribution in [0.2, 0.25) is 5.15 Å². The zero-order valence-electron chi connectivity index (χ0n) is 14.2. The number of anilines is 2. The highest BCUT2D eigenvalue weighted by molar-refractivity contribution is 6.32. The normalized spacial score (nSPS) is 26.4. The summed E-state index contributed by atoms with van der Waals surface area (Å²) in [6, 6.07) is 4.76. The Bertz CT molecular complexity index is 867. The summed E-state index contributed by atoms with van der Waals surface area (Å²) in [4.78, 5) is 8.23. The highest BCUT2D eigenvalue weighted by Crippen LogP contribution is 2.41. The predicted octanol–water partition coefficient (Wildman–Crippen LogP) is 0.622. The molecule has 9 nitrogen and oxygen atoms in total. The number of benzene rings is 1. The lowest BCUT2D eigenvalue weighted by Gasteiger charge is -2.21. The van der Waals surface area contributed by atoms with E-state index in [1.165, 1.54) is 0 Å². The Morgan fingerprint density at radius 3 is 2.70 bits per heavy atom. The van der Waals surface area contributed by atoms with Crippen molar-refractivity contribution in [1.29, 1.82) is 0 Å². The van der Waals surface area contributed by atoms with Crippen molar-refractivity contribution in [1.82, 2.24) is 9.97 Å². The van der Waals surface area contributed by atoms with Crippen LogP contribution in [0.5, 0.6) is 11.5 Å². The van der Waals surface area contributed by atoms with Crippen molar-refractivity contribution in [2.24, 2.45) is 5.92 Å². The number of ether oxygens (including phenoxy) is 2. The average Bonchev–Trinajstić information content (AvgIpc) is 3.20. The van der Waals surface area contributed by atoms with E-state index in [1.54, 1.807) is 18.2 Å². The van der Waals surface area contributed by atoms with E-state index in [0.717, 1.165) is 0 Å². The summed E-state index contributed by atoms with van der Waals surface area (Å²) < 4.78 is 10.7. The molecule has 144 valence electrons. The number of nitrogens with two attached hydrogens (primary N) is 1. The van der Waals surface area contributed by atoms with Gasteiger partial charge >= 0.3 is 0 Å². The molecule has 10 heteroatoms. The van der Waals surface area contributed by atoms with Gasteiger partial charge in [-0.25, -0.2) is 4.98 Å². The van der Waals surface area contributed by atoms with Gasteiger partial charge in [0.05, 0.1) is 17.7 Å². The van der Waals surface area contributed by atoms with Gasteiger partial charge < -0.3 is 35.8 Å². The lowest BCUT2D eigenvalue weighted by molar-refractivity contribution is 0.00446. The zero-order chi connectivity index (χ0) is 19.1. The molecule has 1 aliphatic carbocycles. The minimum absolute atomic E-state index is 0.0289. The Labute approximate surface area is 159 Å². The third kappa shape index (κ3) is 3.23. The molecule has 0 unspecified atom stereocenters. The van der Waals surface area contributed by atoms with Crippen molar-refractivity contribution in [3.63, 3.8) is 0 Å². The molecule has 1 fully saturated rings. The number of hydrogen-bond donors (Lipinski definition) is 5. The van der Waals surface area contributed by atoms with Crippen molar-refractivity contribution < 1.29 is 24.8 Å². The number of halogens is 1. The molecular formula is C17H19ClN4O5. The van der Waals surface area contributed by atoms with Gasteiger partial charge in [-0.1, -0.05) is 17.7 Å². The molecule has 6 N–H and O–H groups in total. The van der Waals surface area contributed by atoms with Crippen LogP contribution in [0, 0.1) is 5.92 Å². The molecule has 1 aromatic carbocycles. The molecule has 2 aromatic rings. The average molecular weight is 395 g/mol. The van der Waals surface area contributed by atoms with E-state index >= 15 is 0 Å². The number of fused-ring (bicyclic) bond motifs is 1. The molecule has 0 radical (unpaired) electrons. The largest absolute Gasteiger partial charge is 0.454 e. The van der Waals surface area contributed by atoms with Gasteiger partial charge in [-0.05, 0) is 24.1 Å². The van der Waals surface area contributed by atoms with Gasteiger partial charge in [0.25, 0.3) is 0 Å². The summed E-state index contributed by atoms with van der Waals surface area (Å²) in [5.74, 6) is 1.06. The van der Waals surface area contributed by atoms with Crippen molar-refractivity contribution in [2.45, 2.75) is 24.7 Å². The minimum atomic E-state index is -1.07. The van der Waals surface area contributed by atoms with E-state index in [1.807, 2.05) is 0 Å². The van der Waals surface area contributed by atoms with Crippen LogP contribution in [0.1, 0.15) is 6.42 Å². The van der Waals surface area contributed by atoms with Gasteiger partial charge in [-0.15, -0.1) is 0 Å². The predicted molar refractivity (Wildman–Crippen MR) is 97.6 cm³/mol. The minimum Gasteiger partial charge on any atom is -0.454 e. The molecule has 0 bridgehead atoms. The smallest absolute Gasteiger partial charge is 0.231 e. The topological polar surface area (TPSA) is 143 Å². The van der Waals surface area contributed by atoms with Gasteiger partial charge in [-0.2, -0.15) is 4.98 Å². The Morgan fingerprint density at radius 1 is 1.19 bits per heavy atom. The first-order valence-corrected chi connectivity index (χ1v) is 8.82. The van der Waals surface area contributed by atoms with E-state index in [9.17, 15) is 15.3 Å². The second-order valence-corrected chi connectivity index (χ2v) is 6.93. The molecular weight excluding hydrogens is 376 g/mol.